The van der Waals surface area contributed by atoms with Crippen molar-refractivity contribution >= 4 is 23.7 Å². The Labute approximate surface area is 227 Å². The van der Waals surface area contributed by atoms with Gasteiger partial charge in [0.05, 0.1) is 17.6 Å². The molecule has 2 aromatic carbocycles. The fraction of sp³-hybridized carbons (Fsp3) is 0.345. The van der Waals surface area contributed by atoms with Gasteiger partial charge in [0.25, 0.3) is 5.69 Å². The molecule has 2 heterocycles. The molecule has 10 nitrogen and oxygen atoms in total. The predicted molar refractivity (Wildman–Crippen MR) is 147 cm³/mol. The minimum atomic E-state index is -0.627. The van der Waals surface area contributed by atoms with Crippen LogP contribution in [0.15, 0.2) is 60.7 Å². The molecule has 4 rings (SSSR count). The Morgan fingerprint density at radius 3 is 2.28 bits per heavy atom. The number of non-ortho nitro benzene ring substituents is 1. The number of nitro groups is 1. The summed E-state index contributed by atoms with van der Waals surface area (Å²) in [7, 11) is 0. The molecule has 1 aliphatic rings. The molecule has 39 heavy (non-hydrogen) atoms. The number of benzene rings is 2. The van der Waals surface area contributed by atoms with Gasteiger partial charge in [0.2, 0.25) is 0 Å². The van der Waals surface area contributed by atoms with Crippen molar-refractivity contribution in [2.24, 2.45) is 0 Å². The smallest absolute Gasteiger partial charge is 0.413 e. The number of carbonyl (C=O) groups excluding carboxylic acids is 2. The molecule has 0 fully saturated rings. The van der Waals surface area contributed by atoms with Gasteiger partial charge in [-0.3, -0.25) is 15.4 Å². The Morgan fingerprint density at radius 1 is 1.05 bits per heavy atom. The summed E-state index contributed by atoms with van der Waals surface area (Å²) in [6, 6.07) is 17.6. The van der Waals surface area contributed by atoms with Crippen LogP contribution < -0.4 is 5.32 Å². The number of amides is 2. The zero-order chi connectivity index (χ0) is 28.2. The second-order valence-electron chi connectivity index (χ2n) is 10.2. The van der Waals surface area contributed by atoms with Crippen molar-refractivity contribution in [2.75, 3.05) is 18.5 Å². The molecule has 0 saturated heterocycles. The Balaban J connectivity index is 1.56. The van der Waals surface area contributed by atoms with Gasteiger partial charge >= 0.3 is 12.2 Å². The van der Waals surface area contributed by atoms with E-state index in [4.69, 9.17) is 9.47 Å². The van der Waals surface area contributed by atoms with E-state index in [1.54, 1.807) is 50.8 Å². The van der Waals surface area contributed by atoms with Gasteiger partial charge in [-0.25, -0.2) is 14.6 Å². The molecule has 1 unspecified atom stereocenters. The van der Waals surface area contributed by atoms with Crippen LogP contribution in [0.25, 0.3) is 11.1 Å². The Hall–Kier alpha value is -4.47. The summed E-state index contributed by atoms with van der Waals surface area (Å²) in [5.74, 6) is 0.388. The van der Waals surface area contributed by atoms with Crippen molar-refractivity contribution in [1.82, 2.24) is 9.88 Å². The van der Waals surface area contributed by atoms with E-state index in [1.165, 1.54) is 12.1 Å². The molecule has 0 radical (unpaired) electrons. The summed E-state index contributed by atoms with van der Waals surface area (Å²) in [6.45, 7) is 7.85. The van der Waals surface area contributed by atoms with E-state index in [2.05, 4.69) is 10.3 Å². The first kappa shape index (κ1) is 27.6. The molecular formula is C29H32N4O6. The molecule has 0 aliphatic carbocycles. The molecule has 10 heteroatoms. The van der Waals surface area contributed by atoms with Crippen molar-refractivity contribution in [1.29, 1.82) is 0 Å². The van der Waals surface area contributed by atoms with Gasteiger partial charge in [0, 0.05) is 30.8 Å². The number of aromatic nitrogens is 1. The second-order valence-corrected chi connectivity index (χ2v) is 10.2. The first-order valence-electron chi connectivity index (χ1n) is 12.8. The van der Waals surface area contributed by atoms with Crippen LogP contribution >= 0.6 is 0 Å². The number of nitrogens with one attached hydrogen (secondary N) is 1. The molecule has 1 atom stereocenters. The van der Waals surface area contributed by atoms with Gasteiger partial charge in [0.15, 0.2) is 0 Å². The van der Waals surface area contributed by atoms with Crippen molar-refractivity contribution in [2.45, 2.75) is 52.2 Å². The van der Waals surface area contributed by atoms with E-state index >= 15 is 0 Å². The number of hydrogen-bond donors (Lipinski definition) is 1. The molecule has 0 spiro atoms. The van der Waals surface area contributed by atoms with E-state index in [1.807, 2.05) is 30.3 Å². The minimum absolute atomic E-state index is 0.0449. The fourth-order valence-corrected chi connectivity index (χ4v) is 4.52. The van der Waals surface area contributed by atoms with Crippen LogP contribution in [-0.4, -0.2) is 45.7 Å². The lowest BCUT2D eigenvalue weighted by Gasteiger charge is -2.36. The van der Waals surface area contributed by atoms with Gasteiger partial charge < -0.3 is 14.4 Å². The summed E-state index contributed by atoms with van der Waals surface area (Å²) in [5, 5.41) is 13.6. The van der Waals surface area contributed by atoms with E-state index < -0.39 is 16.6 Å². The maximum Gasteiger partial charge on any atom is 0.413 e. The highest BCUT2D eigenvalue weighted by Gasteiger charge is 2.33. The average molecular weight is 533 g/mol. The summed E-state index contributed by atoms with van der Waals surface area (Å²) in [5.41, 5.74) is 3.92. The van der Waals surface area contributed by atoms with Crippen LogP contribution in [0.3, 0.4) is 0 Å². The quantitative estimate of drug-likeness (QED) is 0.292. The highest BCUT2D eigenvalue weighted by atomic mass is 16.6. The molecular weight excluding hydrogens is 500 g/mol. The Kier molecular flexibility index (Phi) is 8.13. The third kappa shape index (κ3) is 6.90. The van der Waals surface area contributed by atoms with Crippen LogP contribution in [0.4, 0.5) is 21.1 Å². The third-order valence-corrected chi connectivity index (χ3v) is 6.26. The maximum absolute atomic E-state index is 12.8. The van der Waals surface area contributed by atoms with E-state index in [0.717, 1.165) is 27.9 Å². The van der Waals surface area contributed by atoms with Gasteiger partial charge in [-0.05, 0) is 74.6 Å². The van der Waals surface area contributed by atoms with E-state index in [-0.39, 0.29) is 24.4 Å². The summed E-state index contributed by atoms with van der Waals surface area (Å²) < 4.78 is 10.7. The van der Waals surface area contributed by atoms with Crippen LogP contribution in [-0.2, 0) is 22.3 Å². The number of pyridine rings is 1. The molecule has 2 amide bonds. The minimum Gasteiger partial charge on any atom is -0.450 e. The number of anilines is 1. The van der Waals surface area contributed by atoms with Crippen molar-refractivity contribution < 1.29 is 24.0 Å². The highest BCUT2D eigenvalue weighted by molar-refractivity contribution is 5.83. The standard InChI is InChI=1S/C29H32N4O6/c1-5-38-28(35)32-17-16-24-23(14-15-26(30-24)31-27(34)39-29(2,3)4)25(32)18-19-6-8-20(9-7-19)21-10-12-22(13-11-21)33(36)37/h6-15,25H,5,16-18H2,1-4H3,(H,30,31,34). The van der Waals surface area contributed by atoms with Crippen LogP contribution in [0.2, 0.25) is 0 Å². The number of ether oxygens (including phenoxy) is 2. The molecule has 204 valence electrons. The SMILES string of the molecule is CCOC(=O)N1CCc2nc(NC(=O)OC(C)(C)C)ccc2C1Cc1ccc(-c2ccc([N+](=O)[O-])cc2)cc1. The highest BCUT2D eigenvalue weighted by Crippen LogP contribution is 2.34. The second kappa shape index (κ2) is 11.5. The Morgan fingerprint density at radius 2 is 1.69 bits per heavy atom. The van der Waals surface area contributed by atoms with Crippen LogP contribution in [0, 0.1) is 10.1 Å². The van der Waals surface area contributed by atoms with E-state index in [0.29, 0.717) is 25.2 Å². The predicted octanol–water partition coefficient (Wildman–Crippen LogP) is 6.30. The molecule has 0 saturated carbocycles. The number of nitro benzene ring substituents is 1. The van der Waals surface area contributed by atoms with Gasteiger partial charge in [-0.1, -0.05) is 30.3 Å². The summed E-state index contributed by atoms with van der Waals surface area (Å²) in [4.78, 5) is 41.9. The fourth-order valence-electron chi connectivity index (χ4n) is 4.52. The first-order valence-corrected chi connectivity index (χ1v) is 12.8. The van der Waals surface area contributed by atoms with Gasteiger partial charge in [-0.15, -0.1) is 0 Å². The van der Waals surface area contributed by atoms with Crippen molar-refractivity contribution in [3.63, 3.8) is 0 Å². The molecule has 1 aromatic heterocycles. The van der Waals surface area contributed by atoms with Crippen LogP contribution in [0.1, 0.15) is 50.6 Å². The van der Waals surface area contributed by atoms with Crippen LogP contribution in [0.5, 0.6) is 0 Å². The zero-order valence-corrected chi connectivity index (χ0v) is 22.5. The first-order chi connectivity index (χ1) is 18.5. The largest absolute Gasteiger partial charge is 0.450 e. The lowest BCUT2D eigenvalue weighted by atomic mass is 9.91. The average Bonchev–Trinajstić information content (AvgIpc) is 2.88. The normalized spacial score (nSPS) is 14.8. The number of carbonyl (C=O) groups is 2. The number of rotatable bonds is 6. The molecule has 3 aromatic rings. The lowest BCUT2D eigenvalue weighted by molar-refractivity contribution is -0.384. The third-order valence-electron chi connectivity index (χ3n) is 6.26. The molecule has 1 N–H and O–H groups in total. The van der Waals surface area contributed by atoms with Crippen molar-refractivity contribution in [3.8, 4) is 11.1 Å². The topological polar surface area (TPSA) is 124 Å². The monoisotopic (exact) mass is 532 g/mol. The number of hydrogen-bond acceptors (Lipinski definition) is 7. The number of nitrogens with zero attached hydrogens (tertiary/aromatic N) is 3. The molecule has 0 bridgehead atoms. The summed E-state index contributed by atoms with van der Waals surface area (Å²) >= 11 is 0. The zero-order valence-electron chi connectivity index (χ0n) is 22.5. The Bertz CT molecular complexity index is 1350. The lowest BCUT2D eigenvalue weighted by Crippen LogP contribution is -2.41. The summed E-state index contributed by atoms with van der Waals surface area (Å²) in [6.07, 6.45) is 0.0932. The van der Waals surface area contributed by atoms with Crippen molar-refractivity contribution in [3.05, 3.63) is 87.6 Å². The molecule has 1 aliphatic heterocycles. The van der Waals surface area contributed by atoms with Gasteiger partial charge in [0.1, 0.15) is 11.4 Å². The number of fused-ring (bicyclic) bond motifs is 1. The maximum atomic E-state index is 12.8. The van der Waals surface area contributed by atoms with Gasteiger partial charge in [-0.2, -0.15) is 0 Å². The van der Waals surface area contributed by atoms with E-state index in [9.17, 15) is 19.7 Å².